The van der Waals surface area contributed by atoms with Crippen molar-refractivity contribution < 1.29 is 13.6 Å². The Bertz CT molecular complexity index is 866. The van der Waals surface area contributed by atoms with Crippen LogP contribution in [0.4, 0.5) is 14.7 Å². The van der Waals surface area contributed by atoms with Crippen LogP contribution in [0.15, 0.2) is 23.0 Å². The molecule has 2 heterocycles. The molecule has 1 aliphatic rings. The van der Waals surface area contributed by atoms with Gasteiger partial charge in [0, 0.05) is 31.1 Å². The van der Waals surface area contributed by atoms with E-state index in [9.17, 15) is 18.4 Å². The monoisotopic (exact) mass is 334 g/mol. The highest BCUT2D eigenvalue weighted by atomic mass is 19.1. The van der Waals surface area contributed by atoms with E-state index in [-0.39, 0.29) is 28.6 Å². The molecule has 3 rings (SSSR count). The van der Waals surface area contributed by atoms with Gasteiger partial charge in [0.25, 0.3) is 11.5 Å². The molecular weight excluding hydrogens is 318 g/mol. The van der Waals surface area contributed by atoms with Crippen molar-refractivity contribution >= 4 is 11.9 Å². The number of rotatable bonds is 2. The van der Waals surface area contributed by atoms with Crippen LogP contribution >= 0.6 is 0 Å². The number of amides is 1. The van der Waals surface area contributed by atoms with E-state index in [1.807, 2.05) is 0 Å². The molecule has 6 nitrogen and oxygen atoms in total. The van der Waals surface area contributed by atoms with Crippen LogP contribution in [-0.2, 0) is 0 Å². The molecule has 1 atom stereocenters. The zero-order valence-corrected chi connectivity index (χ0v) is 13.0. The molecule has 126 valence electrons. The lowest BCUT2D eigenvalue weighted by Crippen LogP contribution is -2.29. The number of hydrogen-bond donors (Lipinski definition) is 2. The highest BCUT2D eigenvalue weighted by Gasteiger charge is 2.30. The second kappa shape index (κ2) is 6.03. The van der Waals surface area contributed by atoms with Crippen molar-refractivity contribution in [3.63, 3.8) is 0 Å². The molecule has 0 bridgehead atoms. The summed E-state index contributed by atoms with van der Waals surface area (Å²) in [5.41, 5.74) is 5.72. The van der Waals surface area contributed by atoms with Gasteiger partial charge >= 0.3 is 0 Å². The summed E-state index contributed by atoms with van der Waals surface area (Å²) in [4.78, 5) is 31.9. The number of halogens is 2. The van der Waals surface area contributed by atoms with E-state index in [2.05, 4.69) is 9.97 Å². The van der Waals surface area contributed by atoms with Gasteiger partial charge in [-0.05, 0) is 25.0 Å². The minimum Gasteiger partial charge on any atom is -0.369 e. The lowest BCUT2D eigenvalue weighted by atomic mass is 10.0. The van der Waals surface area contributed by atoms with Gasteiger partial charge in [-0.3, -0.25) is 14.6 Å². The van der Waals surface area contributed by atoms with Crippen LogP contribution in [0.2, 0.25) is 0 Å². The molecule has 0 radical (unpaired) electrons. The normalized spacial score (nSPS) is 17.3. The van der Waals surface area contributed by atoms with Gasteiger partial charge in [0.05, 0.1) is 11.3 Å². The van der Waals surface area contributed by atoms with Gasteiger partial charge < -0.3 is 10.6 Å². The predicted octanol–water partition coefficient (Wildman–Crippen LogP) is 1.57. The first kappa shape index (κ1) is 16.1. The van der Waals surface area contributed by atoms with Gasteiger partial charge in [0.1, 0.15) is 11.6 Å². The smallest absolute Gasteiger partial charge is 0.256 e. The number of H-pyrrole nitrogens is 1. The van der Waals surface area contributed by atoms with Gasteiger partial charge in [0.2, 0.25) is 5.95 Å². The summed E-state index contributed by atoms with van der Waals surface area (Å²) >= 11 is 0. The zero-order chi connectivity index (χ0) is 17.4. The topological polar surface area (TPSA) is 92.1 Å². The van der Waals surface area contributed by atoms with E-state index in [0.717, 1.165) is 6.07 Å². The van der Waals surface area contributed by atoms with Crippen molar-refractivity contribution in [3.8, 4) is 0 Å². The molecule has 1 aromatic heterocycles. The van der Waals surface area contributed by atoms with Gasteiger partial charge in [-0.15, -0.1) is 0 Å². The van der Waals surface area contributed by atoms with Gasteiger partial charge in [-0.2, -0.15) is 0 Å². The molecule has 1 aromatic carbocycles. The summed E-state index contributed by atoms with van der Waals surface area (Å²) in [6, 6.07) is 3.27. The van der Waals surface area contributed by atoms with Gasteiger partial charge in [-0.1, -0.05) is 0 Å². The van der Waals surface area contributed by atoms with Gasteiger partial charge in [0.15, 0.2) is 0 Å². The fourth-order valence-corrected chi connectivity index (χ4v) is 2.88. The van der Waals surface area contributed by atoms with Crippen LogP contribution in [-0.4, -0.2) is 33.9 Å². The van der Waals surface area contributed by atoms with Crippen molar-refractivity contribution in [3.05, 3.63) is 57.0 Å². The Balaban J connectivity index is 1.81. The van der Waals surface area contributed by atoms with Crippen molar-refractivity contribution in [2.24, 2.45) is 0 Å². The number of hydrogen-bond acceptors (Lipinski definition) is 4. The number of aromatic amines is 1. The van der Waals surface area contributed by atoms with Crippen LogP contribution in [0.1, 0.15) is 34.0 Å². The molecule has 1 unspecified atom stereocenters. The number of anilines is 1. The van der Waals surface area contributed by atoms with Crippen LogP contribution in [0.25, 0.3) is 0 Å². The summed E-state index contributed by atoms with van der Waals surface area (Å²) in [5, 5.41) is 0. The standard InChI is InChI=1S/C16H16F2N4O2/c1-8-4-10(12(18)5-11(8)17)15(24)22-3-2-9(7-22)13-6-14(23)21-16(19)20-13/h4-6,9H,2-3,7H2,1H3,(H3,19,20,21,23). The average Bonchev–Trinajstić information content (AvgIpc) is 2.99. The Hall–Kier alpha value is -2.77. The number of likely N-dealkylation sites (tertiary alicyclic amines) is 1. The second-order valence-electron chi connectivity index (χ2n) is 5.87. The number of nitrogens with zero attached hydrogens (tertiary/aromatic N) is 2. The fraction of sp³-hybridized carbons (Fsp3) is 0.312. The molecule has 1 aliphatic heterocycles. The lowest BCUT2D eigenvalue weighted by Gasteiger charge is -2.17. The number of benzene rings is 1. The van der Waals surface area contributed by atoms with E-state index >= 15 is 0 Å². The molecule has 2 aromatic rings. The molecule has 3 N–H and O–H groups in total. The number of aryl methyl sites for hydroxylation is 1. The Labute approximate surface area is 136 Å². The number of nitrogens with one attached hydrogen (secondary N) is 1. The number of carbonyl (C=O) groups excluding carboxylic acids is 1. The van der Waals surface area contributed by atoms with E-state index in [0.29, 0.717) is 25.2 Å². The summed E-state index contributed by atoms with van der Waals surface area (Å²) < 4.78 is 27.2. The third kappa shape index (κ3) is 2.99. The predicted molar refractivity (Wildman–Crippen MR) is 83.6 cm³/mol. The van der Waals surface area contributed by atoms with E-state index < -0.39 is 17.5 Å². The van der Waals surface area contributed by atoms with Gasteiger partial charge in [-0.25, -0.2) is 13.8 Å². The Morgan fingerprint density at radius 3 is 2.79 bits per heavy atom. The molecule has 1 fully saturated rings. The largest absolute Gasteiger partial charge is 0.369 e. The quantitative estimate of drug-likeness (QED) is 0.872. The average molecular weight is 334 g/mol. The number of carbonyl (C=O) groups is 1. The highest BCUT2D eigenvalue weighted by molar-refractivity contribution is 5.95. The molecule has 0 spiro atoms. The molecule has 24 heavy (non-hydrogen) atoms. The van der Waals surface area contributed by atoms with Crippen molar-refractivity contribution in [2.45, 2.75) is 19.3 Å². The Morgan fingerprint density at radius 2 is 2.08 bits per heavy atom. The summed E-state index contributed by atoms with van der Waals surface area (Å²) in [6.45, 7) is 2.17. The molecule has 1 amide bonds. The van der Waals surface area contributed by atoms with Crippen molar-refractivity contribution in [1.29, 1.82) is 0 Å². The molecular formula is C16H16F2N4O2. The Kier molecular flexibility index (Phi) is 4.04. The molecule has 0 saturated carbocycles. The number of aromatic nitrogens is 2. The summed E-state index contributed by atoms with van der Waals surface area (Å²) in [6.07, 6.45) is 0.587. The first-order valence-electron chi connectivity index (χ1n) is 7.47. The number of nitrogens with two attached hydrogens (primary N) is 1. The highest BCUT2D eigenvalue weighted by Crippen LogP contribution is 2.27. The third-order valence-corrected chi connectivity index (χ3v) is 4.15. The SMILES string of the molecule is Cc1cc(C(=O)N2CCC(c3cc(=O)[nH]c(N)n3)C2)c(F)cc1F. The van der Waals surface area contributed by atoms with E-state index in [1.54, 1.807) is 0 Å². The third-order valence-electron chi connectivity index (χ3n) is 4.15. The van der Waals surface area contributed by atoms with E-state index in [4.69, 9.17) is 5.73 Å². The Morgan fingerprint density at radius 1 is 1.33 bits per heavy atom. The zero-order valence-electron chi connectivity index (χ0n) is 13.0. The number of nitrogen functional groups attached to an aromatic ring is 1. The first-order valence-corrected chi connectivity index (χ1v) is 7.47. The summed E-state index contributed by atoms with van der Waals surface area (Å²) in [7, 11) is 0. The lowest BCUT2D eigenvalue weighted by molar-refractivity contribution is 0.0786. The molecule has 0 aliphatic carbocycles. The van der Waals surface area contributed by atoms with Crippen molar-refractivity contribution in [2.75, 3.05) is 18.8 Å². The maximum absolute atomic E-state index is 13.9. The summed E-state index contributed by atoms with van der Waals surface area (Å²) in [5.74, 6) is -2.21. The maximum atomic E-state index is 13.9. The first-order chi connectivity index (χ1) is 11.3. The van der Waals surface area contributed by atoms with Crippen LogP contribution in [0.5, 0.6) is 0 Å². The molecule has 1 saturated heterocycles. The van der Waals surface area contributed by atoms with Crippen LogP contribution < -0.4 is 11.3 Å². The molecule has 8 heteroatoms. The minimum absolute atomic E-state index is 0.0162. The van der Waals surface area contributed by atoms with Crippen LogP contribution in [0.3, 0.4) is 0 Å². The van der Waals surface area contributed by atoms with E-state index in [1.165, 1.54) is 24.0 Å². The minimum atomic E-state index is -0.884. The fourth-order valence-electron chi connectivity index (χ4n) is 2.88. The maximum Gasteiger partial charge on any atom is 0.256 e. The van der Waals surface area contributed by atoms with Crippen LogP contribution in [0, 0.1) is 18.6 Å². The van der Waals surface area contributed by atoms with Crippen molar-refractivity contribution in [1.82, 2.24) is 14.9 Å². The second-order valence-corrected chi connectivity index (χ2v) is 5.87.